The van der Waals surface area contributed by atoms with E-state index in [1.165, 1.54) is 17.6 Å². The minimum Gasteiger partial charge on any atom is -0.465 e. The van der Waals surface area contributed by atoms with Gasteiger partial charge in [-0.1, -0.05) is 66.7 Å². The molecule has 4 rings (SSSR count). The van der Waals surface area contributed by atoms with Crippen LogP contribution >= 0.6 is 0 Å². The lowest BCUT2D eigenvalue weighted by molar-refractivity contribution is -0.135. The molecule has 0 aliphatic heterocycles. The van der Waals surface area contributed by atoms with Crippen molar-refractivity contribution in [1.82, 2.24) is 9.38 Å². The Balaban J connectivity index is 1.98. The summed E-state index contributed by atoms with van der Waals surface area (Å²) in [7, 11) is 1.19. The molecule has 7 nitrogen and oxygen atoms in total. The number of pyridine rings is 1. The zero-order valence-electron chi connectivity index (χ0n) is 19.5. The molecule has 2 aromatic carbocycles. The third-order valence-electron chi connectivity index (χ3n) is 5.61. The third kappa shape index (κ3) is 5.12. The van der Waals surface area contributed by atoms with E-state index in [0.717, 1.165) is 16.7 Å². The summed E-state index contributed by atoms with van der Waals surface area (Å²) < 4.78 is 6.17. The highest BCUT2D eigenvalue weighted by atomic mass is 16.5. The van der Waals surface area contributed by atoms with Crippen LogP contribution in [0.3, 0.4) is 0 Å². The number of methoxy groups -OCH3 is 1. The summed E-state index contributed by atoms with van der Waals surface area (Å²) >= 11 is 0. The summed E-state index contributed by atoms with van der Waals surface area (Å²) in [5, 5.41) is 9.58. The lowest BCUT2D eigenvalue weighted by atomic mass is 10.1. The summed E-state index contributed by atoms with van der Waals surface area (Å²) in [5.74, 6) is -0.432. The molecule has 4 aromatic rings. The van der Waals surface area contributed by atoms with E-state index < -0.39 is 5.97 Å². The van der Waals surface area contributed by atoms with E-state index in [-0.39, 0.29) is 16.7 Å². The molecule has 0 atom stereocenters. The highest BCUT2D eigenvalue weighted by Gasteiger charge is 2.21. The van der Waals surface area contributed by atoms with Crippen molar-refractivity contribution in [3.8, 4) is 6.07 Å². The first-order chi connectivity index (χ1) is 17.0. The van der Waals surface area contributed by atoms with Gasteiger partial charge < -0.3 is 9.64 Å². The highest BCUT2D eigenvalue weighted by molar-refractivity contribution is 5.98. The minimum atomic E-state index is -0.815. The Kier molecular flexibility index (Phi) is 7.03. The van der Waals surface area contributed by atoms with Gasteiger partial charge in [0.1, 0.15) is 23.1 Å². The number of fused-ring (bicyclic) bond motifs is 1. The Morgan fingerprint density at radius 1 is 1.03 bits per heavy atom. The standard InChI is InChI=1S/C28H24N4O3/c1-20-10-9-15-32-25(20)30-26(24(27(32)33)16-23(17-29)28(34)35-2)31(18-21-11-5-3-6-12-21)19-22-13-7-4-8-14-22/h3-16H,18-19H2,1-2H3. The first-order valence-electron chi connectivity index (χ1n) is 11.1. The van der Waals surface area contributed by atoms with Crippen molar-refractivity contribution in [3.05, 3.63) is 117 Å². The number of benzene rings is 2. The normalized spacial score (nSPS) is 11.2. The number of hydrogen-bond donors (Lipinski definition) is 0. The quantitative estimate of drug-likeness (QED) is 0.230. The molecule has 174 valence electrons. The second-order valence-electron chi connectivity index (χ2n) is 8.03. The van der Waals surface area contributed by atoms with Crippen molar-refractivity contribution >= 4 is 23.5 Å². The molecule has 0 amide bonds. The molecule has 35 heavy (non-hydrogen) atoms. The lowest BCUT2D eigenvalue weighted by Crippen LogP contribution is -2.29. The SMILES string of the molecule is COC(=O)C(C#N)=Cc1c(N(Cc2ccccc2)Cc2ccccc2)nc2c(C)cccn2c1=O. The van der Waals surface area contributed by atoms with Crippen LogP contribution in [-0.4, -0.2) is 22.5 Å². The average Bonchev–Trinajstić information content (AvgIpc) is 2.89. The number of esters is 1. The minimum absolute atomic E-state index is 0.141. The van der Waals surface area contributed by atoms with Crippen LogP contribution < -0.4 is 10.5 Å². The molecular formula is C28H24N4O3. The molecule has 0 spiro atoms. The molecule has 0 N–H and O–H groups in total. The van der Waals surface area contributed by atoms with Crippen LogP contribution in [0, 0.1) is 18.3 Å². The fourth-order valence-electron chi connectivity index (χ4n) is 3.87. The van der Waals surface area contributed by atoms with E-state index in [2.05, 4.69) is 0 Å². The molecule has 0 saturated heterocycles. The smallest absolute Gasteiger partial charge is 0.348 e. The zero-order chi connectivity index (χ0) is 24.8. The monoisotopic (exact) mass is 464 g/mol. The maximum atomic E-state index is 13.7. The Morgan fingerprint density at radius 2 is 1.63 bits per heavy atom. The van der Waals surface area contributed by atoms with Crippen LogP contribution in [0.25, 0.3) is 11.7 Å². The van der Waals surface area contributed by atoms with Crippen LogP contribution in [0.15, 0.2) is 89.4 Å². The molecular weight excluding hydrogens is 440 g/mol. The molecule has 2 heterocycles. The van der Waals surface area contributed by atoms with Gasteiger partial charge in [-0.2, -0.15) is 5.26 Å². The second kappa shape index (κ2) is 10.5. The topological polar surface area (TPSA) is 87.7 Å². The molecule has 0 saturated carbocycles. The van der Waals surface area contributed by atoms with Gasteiger partial charge in [-0.05, 0) is 35.8 Å². The van der Waals surface area contributed by atoms with Gasteiger partial charge in [-0.15, -0.1) is 0 Å². The fourth-order valence-corrected chi connectivity index (χ4v) is 3.87. The average molecular weight is 465 g/mol. The predicted molar refractivity (Wildman–Crippen MR) is 135 cm³/mol. The van der Waals surface area contributed by atoms with Crippen molar-refractivity contribution in [3.63, 3.8) is 0 Å². The van der Waals surface area contributed by atoms with Crippen molar-refractivity contribution in [2.45, 2.75) is 20.0 Å². The van der Waals surface area contributed by atoms with Gasteiger partial charge in [-0.25, -0.2) is 9.78 Å². The van der Waals surface area contributed by atoms with E-state index in [1.807, 2.05) is 84.6 Å². The van der Waals surface area contributed by atoms with E-state index in [4.69, 9.17) is 9.72 Å². The maximum Gasteiger partial charge on any atom is 0.348 e. The van der Waals surface area contributed by atoms with Gasteiger partial charge in [0.15, 0.2) is 0 Å². The summed E-state index contributed by atoms with van der Waals surface area (Å²) in [5.41, 5.74) is 2.87. The summed E-state index contributed by atoms with van der Waals surface area (Å²) in [6.45, 7) is 2.81. The Labute approximate surface area is 203 Å². The summed E-state index contributed by atoms with van der Waals surface area (Å²) in [6.07, 6.45) is 2.90. The summed E-state index contributed by atoms with van der Waals surface area (Å²) in [4.78, 5) is 32.7. The van der Waals surface area contributed by atoms with Gasteiger partial charge >= 0.3 is 5.97 Å². The Bertz CT molecular complexity index is 1440. The first kappa shape index (κ1) is 23.5. The Hall–Kier alpha value is -4.70. The number of nitriles is 1. The van der Waals surface area contributed by atoms with E-state index >= 15 is 0 Å². The van der Waals surface area contributed by atoms with Gasteiger partial charge in [0.05, 0.1) is 12.7 Å². The molecule has 0 aliphatic rings. The number of aryl methyl sites for hydroxylation is 1. The number of carbonyl (C=O) groups excluding carboxylic acids is 1. The molecule has 0 radical (unpaired) electrons. The predicted octanol–water partition coefficient (Wildman–Crippen LogP) is 4.29. The fraction of sp³-hybridized carbons (Fsp3) is 0.143. The highest BCUT2D eigenvalue weighted by Crippen LogP contribution is 2.24. The molecule has 0 aliphatic carbocycles. The van der Waals surface area contributed by atoms with Crippen molar-refractivity contribution in [1.29, 1.82) is 5.26 Å². The van der Waals surface area contributed by atoms with Crippen LogP contribution in [0.2, 0.25) is 0 Å². The number of aromatic nitrogens is 2. The van der Waals surface area contributed by atoms with E-state index in [1.54, 1.807) is 12.3 Å². The number of hydrogen-bond acceptors (Lipinski definition) is 6. The van der Waals surface area contributed by atoms with E-state index in [0.29, 0.717) is 24.6 Å². The number of carbonyl (C=O) groups is 1. The van der Waals surface area contributed by atoms with Crippen molar-refractivity contribution in [2.75, 3.05) is 12.0 Å². The van der Waals surface area contributed by atoms with Gasteiger partial charge in [0, 0.05) is 19.3 Å². The second-order valence-corrected chi connectivity index (χ2v) is 8.03. The molecule has 2 aromatic heterocycles. The molecule has 7 heteroatoms. The van der Waals surface area contributed by atoms with Crippen molar-refractivity contribution < 1.29 is 9.53 Å². The van der Waals surface area contributed by atoms with Crippen LogP contribution in [0.5, 0.6) is 0 Å². The molecule has 0 bridgehead atoms. The van der Waals surface area contributed by atoms with Crippen molar-refractivity contribution in [2.24, 2.45) is 0 Å². The van der Waals surface area contributed by atoms with Gasteiger partial charge in [0.2, 0.25) is 0 Å². The molecule has 0 fully saturated rings. The number of rotatable bonds is 7. The Morgan fingerprint density at radius 3 is 2.17 bits per heavy atom. The van der Waals surface area contributed by atoms with E-state index in [9.17, 15) is 14.9 Å². The summed E-state index contributed by atoms with van der Waals surface area (Å²) in [6, 6.07) is 25.2. The number of anilines is 1. The largest absolute Gasteiger partial charge is 0.465 e. The first-order valence-corrected chi connectivity index (χ1v) is 11.1. The van der Waals surface area contributed by atoms with Crippen LogP contribution in [-0.2, 0) is 22.6 Å². The van der Waals surface area contributed by atoms with Crippen LogP contribution in [0.1, 0.15) is 22.3 Å². The third-order valence-corrected chi connectivity index (χ3v) is 5.61. The van der Waals surface area contributed by atoms with Gasteiger partial charge in [-0.3, -0.25) is 9.20 Å². The van der Waals surface area contributed by atoms with Crippen LogP contribution in [0.4, 0.5) is 5.82 Å². The molecule has 0 unspecified atom stereocenters. The van der Waals surface area contributed by atoms with Gasteiger partial charge in [0.25, 0.3) is 5.56 Å². The number of nitrogens with zero attached hydrogens (tertiary/aromatic N) is 4. The number of ether oxygens (including phenoxy) is 1. The maximum absolute atomic E-state index is 13.7. The lowest BCUT2D eigenvalue weighted by Gasteiger charge is -2.26. The zero-order valence-corrected chi connectivity index (χ0v) is 19.5.